The highest BCUT2D eigenvalue weighted by atomic mass is 19.1. The zero-order chi connectivity index (χ0) is 16.2. The first-order valence-corrected chi connectivity index (χ1v) is 7.49. The summed E-state index contributed by atoms with van der Waals surface area (Å²) in [5.74, 6) is -2.21. The second-order valence-corrected chi connectivity index (χ2v) is 5.53. The van der Waals surface area contributed by atoms with Gasteiger partial charge in [-0.1, -0.05) is 12.1 Å². The smallest absolute Gasteiger partial charge is 0.259 e. The predicted octanol–water partition coefficient (Wildman–Crippen LogP) is 2.32. The molecule has 2 aromatic rings. The highest BCUT2D eigenvalue weighted by Gasteiger charge is 2.26. The summed E-state index contributed by atoms with van der Waals surface area (Å²) in [6, 6.07) is 7.35. The minimum absolute atomic E-state index is 0.451. The van der Waals surface area contributed by atoms with Gasteiger partial charge >= 0.3 is 0 Å². The molecule has 3 rings (SSSR count). The Morgan fingerprint density at radius 1 is 1.04 bits per heavy atom. The molecule has 4 nitrogen and oxygen atoms in total. The molecule has 23 heavy (non-hydrogen) atoms. The lowest BCUT2D eigenvalue weighted by Gasteiger charge is -2.34. The quantitative estimate of drug-likeness (QED) is 0.872. The van der Waals surface area contributed by atoms with Crippen LogP contribution in [0.25, 0.3) is 0 Å². The number of amides is 1. The van der Waals surface area contributed by atoms with E-state index in [1.54, 1.807) is 6.20 Å². The molecule has 2 heterocycles. The summed E-state index contributed by atoms with van der Waals surface area (Å²) in [7, 11) is 0. The Hall–Kier alpha value is -2.34. The van der Waals surface area contributed by atoms with Crippen LogP contribution in [0.3, 0.4) is 0 Å². The molecule has 0 N–H and O–H groups in total. The minimum atomic E-state index is -0.812. The number of nitrogens with zero attached hydrogens (tertiary/aromatic N) is 3. The van der Waals surface area contributed by atoms with E-state index in [0.29, 0.717) is 26.2 Å². The van der Waals surface area contributed by atoms with Crippen molar-refractivity contribution < 1.29 is 13.6 Å². The van der Waals surface area contributed by atoms with Gasteiger partial charge < -0.3 is 4.90 Å². The molecule has 1 amide bonds. The van der Waals surface area contributed by atoms with Gasteiger partial charge in [0.15, 0.2) is 0 Å². The molecule has 0 spiro atoms. The Kier molecular flexibility index (Phi) is 4.62. The number of piperazine rings is 1. The molecule has 0 bridgehead atoms. The van der Waals surface area contributed by atoms with Crippen LogP contribution in [0.5, 0.6) is 0 Å². The number of rotatable bonds is 3. The van der Waals surface area contributed by atoms with Crippen LogP contribution < -0.4 is 0 Å². The van der Waals surface area contributed by atoms with E-state index in [-0.39, 0.29) is 0 Å². The summed E-state index contributed by atoms with van der Waals surface area (Å²) in [6.07, 6.45) is 3.54. The molecule has 1 aromatic heterocycles. The molecule has 0 unspecified atom stereocenters. The van der Waals surface area contributed by atoms with Crippen molar-refractivity contribution in [1.82, 2.24) is 14.8 Å². The predicted molar refractivity (Wildman–Crippen MR) is 81.8 cm³/mol. The highest BCUT2D eigenvalue weighted by molar-refractivity contribution is 5.94. The number of carbonyl (C=O) groups excluding carboxylic acids is 1. The maximum absolute atomic E-state index is 13.7. The van der Waals surface area contributed by atoms with Crippen LogP contribution in [0, 0.1) is 11.6 Å². The third-order valence-electron chi connectivity index (χ3n) is 3.97. The lowest BCUT2D eigenvalue weighted by molar-refractivity contribution is 0.0619. The number of carbonyl (C=O) groups is 1. The molecule has 1 aliphatic rings. The fraction of sp³-hybridized carbons (Fsp3) is 0.294. The van der Waals surface area contributed by atoms with Crippen LogP contribution in [0.1, 0.15) is 15.9 Å². The Morgan fingerprint density at radius 3 is 2.35 bits per heavy atom. The second kappa shape index (κ2) is 6.83. The fourth-order valence-electron chi connectivity index (χ4n) is 2.72. The Labute approximate surface area is 133 Å². The zero-order valence-corrected chi connectivity index (χ0v) is 12.6. The van der Waals surface area contributed by atoms with Gasteiger partial charge in [0.25, 0.3) is 5.91 Å². The first kappa shape index (κ1) is 15.6. The summed E-state index contributed by atoms with van der Waals surface area (Å²) in [5, 5.41) is 0. The molecule has 1 aliphatic heterocycles. The number of halogens is 2. The van der Waals surface area contributed by atoms with E-state index in [9.17, 15) is 13.6 Å². The van der Waals surface area contributed by atoms with Crippen LogP contribution in [0.2, 0.25) is 0 Å². The molecule has 1 fully saturated rings. The van der Waals surface area contributed by atoms with Crippen LogP contribution in [-0.2, 0) is 6.54 Å². The van der Waals surface area contributed by atoms with Gasteiger partial charge in [-0.3, -0.25) is 14.7 Å². The molecule has 0 radical (unpaired) electrons. The van der Waals surface area contributed by atoms with Crippen molar-refractivity contribution in [2.75, 3.05) is 26.2 Å². The van der Waals surface area contributed by atoms with Crippen LogP contribution in [-0.4, -0.2) is 46.9 Å². The zero-order valence-electron chi connectivity index (χ0n) is 12.6. The summed E-state index contributed by atoms with van der Waals surface area (Å²) in [5.41, 5.74) is 0.639. The van der Waals surface area contributed by atoms with Gasteiger partial charge in [0.05, 0.1) is 0 Å². The van der Waals surface area contributed by atoms with Gasteiger partial charge in [-0.25, -0.2) is 8.78 Å². The molecule has 120 valence electrons. The molecule has 1 saturated heterocycles. The molecule has 6 heteroatoms. The number of aromatic nitrogens is 1. The topological polar surface area (TPSA) is 36.4 Å². The van der Waals surface area contributed by atoms with Gasteiger partial charge in [0.1, 0.15) is 17.2 Å². The van der Waals surface area contributed by atoms with Crippen molar-refractivity contribution in [3.8, 4) is 0 Å². The summed E-state index contributed by atoms with van der Waals surface area (Å²) in [4.78, 5) is 20.1. The SMILES string of the molecule is O=C(c1c(F)cccc1F)N1CCN(Cc2cccnc2)CC1. The Morgan fingerprint density at radius 2 is 1.74 bits per heavy atom. The van der Waals surface area contributed by atoms with Crippen molar-refractivity contribution >= 4 is 5.91 Å². The number of benzene rings is 1. The van der Waals surface area contributed by atoms with E-state index in [2.05, 4.69) is 9.88 Å². The van der Waals surface area contributed by atoms with E-state index < -0.39 is 23.1 Å². The first-order valence-electron chi connectivity index (χ1n) is 7.49. The van der Waals surface area contributed by atoms with Crippen LogP contribution >= 0.6 is 0 Å². The van der Waals surface area contributed by atoms with Crippen LogP contribution in [0.4, 0.5) is 8.78 Å². The molecule has 1 aromatic carbocycles. The molecule has 0 aliphatic carbocycles. The molecular weight excluding hydrogens is 300 g/mol. The van der Waals surface area contributed by atoms with E-state index in [0.717, 1.165) is 24.2 Å². The average molecular weight is 317 g/mol. The fourth-order valence-corrected chi connectivity index (χ4v) is 2.72. The van der Waals surface area contributed by atoms with Gasteiger partial charge in [0.2, 0.25) is 0 Å². The minimum Gasteiger partial charge on any atom is -0.336 e. The van der Waals surface area contributed by atoms with Crippen molar-refractivity contribution in [2.45, 2.75) is 6.54 Å². The maximum Gasteiger partial charge on any atom is 0.259 e. The summed E-state index contributed by atoms with van der Waals surface area (Å²) >= 11 is 0. The van der Waals surface area contributed by atoms with Gasteiger partial charge in [-0.05, 0) is 23.8 Å². The number of hydrogen-bond donors (Lipinski definition) is 0. The summed E-state index contributed by atoms with van der Waals surface area (Å²) in [6.45, 7) is 2.98. The van der Waals surface area contributed by atoms with Crippen molar-refractivity contribution in [2.24, 2.45) is 0 Å². The van der Waals surface area contributed by atoms with Gasteiger partial charge in [-0.2, -0.15) is 0 Å². The molecular formula is C17H17F2N3O. The summed E-state index contributed by atoms with van der Waals surface area (Å²) < 4.78 is 27.4. The average Bonchev–Trinajstić information content (AvgIpc) is 2.56. The largest absolute Gasteiger partial charge is 0.336 e. The maximum atomic E-state index is 13.7. The van der Waals surface area contributed by atoms with Gasteiger partial charge in [-0.15, -0.1) is 0 Å². The second-order valence-electron chi connectivity index (χ2n) is 5.53. The van der Waals surface area contributed by atoms with E-state index >= 15 is 0 Å². The third-order valence-corrected chi connectivity index (χ3v) is 3.97. The van der Waals surface area contributed by atoms with E-state index in [1.165, 1.54) is 11.0 Å². The van der Waals surface area contributed by atoms with E-state index in [1.807, 2.05) is 18.3 Å². The standard InChI is InChI=1S/C17H17F2N3O/c18-14-4-1-5-15(19)16(14)17(23)22-9-7-21(8-10-22)12-13-3-2-6-20-11-13/h1-6,11H,7-10,12H2. The highest BCUT2D eigenvalue weighted by Crippen LogP contribution is 2.16. The van der Waals surface area contributed by atoms with Gasteiger partial charge in [0, 0.05) is 45.1 Å². The Balaban J connectivity index is 1.62. The first-order chi connectivity index (χ1) is 11.1. The monoisotopic (exact) mass is 317 g/mol. The number of hydrogen-bond acceptors (Lipinski definition) is 3. The van der Waals surface area contributed by atoms with E-state index in [4.69, 9.17) is 0 Å². The van der Waals surface area contributed by atoms with Crippen molar-refractivity contribution in [1.29, 1.82) is 0 Å². The lowest BCUT2D eigenvalue weighted by atomic mass is 10.1. The lowest BCUT2D eigenvalue weighted by Crippen LogP contribution is -2.48. The normalized spacial score (nSPS) is 15.7. The Bertz CT molecular complexity index is 665. The van der Waals surface area contributed by atoms with Crippen molar-refractivity contribution in [3.63, 3.8) is 0 Å². The van der Waals surface area contributed by atoms with Crippen LogP contribution in [0.15, 0.2) is 42.7 Å². The molecule has 0 saturated carbocycles. The third kappa shape index (κ3) is 3.53. The number of pyridine rings is 1. The van der Waals surface area contributed by atoms with Crippen molar-refractivity contribution in [3.05, 3.63) is 65.5 Å². The molecule has 0 atom stereocenters.